The molecule has 0 saturated carbocycles. The van der Waals surface area contributed by atoms with E-state index in [2.05, 4.69) is 12.2 Å². The molecular formula is C13H27N3O3S. The third-order valence-electron chi connectivity index (χ3n) is 3.69. The van der Waals surface area contributed by atoms with Crippen LogP contribution in [0.3, 0.4) is 0 Å². The molecule has 0 bridgehead atoms. The number of carbonyl (C=O) groups excluding carboxylic acids is 1. The van der Waals surface area contributed by atoms with Crippen molar-refractivity contribution in [3.8, 4) is 0 Å². The van der Waals surface area contributed by atoms with Crippen molar-refractivity contribution in [1.82, 2.24) is 14.5 Å². The van der Waals surface area contributed by atoms with Crippen molar-refractivity contribution in [2.75, 3.05) is 46.0 Å². The zero-order valence-electron chi connectivity index (χ0n) is 12.8. The lowest BCUT2D eigenvalue weighted by Gasteiger charge is -2.31. The molecule has 1 amide bonds. The molecule has 0 aliphatic carbocycles. The van der Waals surface area contributed by atoms with Gasteiger partial charge in [0, 0.05) is 46.2 Å². The number of hydrogen-bond acceptors (Lipinski definition) is 4. The van der Waals surface area contributed by atoms with Crippen molar-refractivity contribution >= 4 is 15.9 Å². The lowest BCUT2D eigenvalue weighted by atomic mass is 10.00. The molecule has 1 fully saturated rings. The molecule has 1 N–H and O–H groups in total. The van der Waals surface area contributed by atoms with Crippen LogP contribution in [0.15, 0.2) is 0 Å². The van der Waals surface area contributed by atoms with Crippen molar-refractivity contribution < 1.29 is 13.2 Å². The number of nitrogens with zero attached hydrogens (tertiary/aromatic N) is 2. The van der Waals surface area contributed by atoms with E-state index in [4.69, 9.17) is 0 Å². The number of hydrogen-bond donors (Lipinski definition) is 1. The van der Waals surface area contributed by atoms with E-state index in [0.29, 0.717) is 32.0 Å². The van der Waals surface area contributed by atoms with E-state index in [9.17, 15) is 13.2 Å². The summed E-state index contributed by atoms with van der Waals surface area (Å²) in [5.74, 6) is 0.796. The second-order valence-corrected chi connectivity index (χ2v) is 7.76. The molecule has 20 heavy (non-hydrogen) atoms. The van der Waals surface area contributed by atoms with Crippen LogP contribution in [0.1, 0.15) is 26.2 Å². The first kappa shape index (κ1) is 17.4. The molecule has 1 heterocycles. The molecule has 1 aliphatic heterocycles. The van der Waals surface area contributed by atoms with E-state index in [0.717, 1.165) is 19.5 Å². The highest BCUT2D eigenvalue weighted by molar-refractivity contribution is 7.88. The molecule has 1 aliphatic rings. The van der Waals surface area contributed by atoms with Gasteiger partial charge in [-0.25, -0.2) is 12.7 Å². The van der Waals surface area contributed by atoms with Gasteiger partial charge in [-0.1, -0.05) is 6.92 Å². The number of amides is 1. The summed E-state index contributed by atoms with van der Waals surface area (Å²) in [5.41, 5.74) is 0. The standard InChI is InChI=1S/C13H27N3O3S/c1-12-5-4-9-16(11-12)13(17)6-7-14-8-10-15(2)20(3,18)19/h12,14H,4-11H2,1-3H3/t12-/m1/s1. The van der Waals surface area contributed by atoms with Crippen LogP contribution in [-0.2, 0) is 14.8 Å². The lowest BCUT2D eigenvalue weighted by molar-refractivity contribution is -0.132. The first-order chi connectivity index (χ1) is 9.30. The minimum atomic E-state index is -3.11. The number of piperidine rings is 1. The van der Waals surface area contributed by atoms with Crippen LogP contribution in [0.2, 0.25) is 0 Å². The highest BCUT2D eigenvalue weighted by atomic mass is 32.2. The SMILES string of the molecule is C[C@@H]1CCCN(C(=O)CCNCCN(C)S(C)(=O)=O)C1. The number of likely N-dealkylation sites (tertiary alicyclic amines) is 1. The largest absolute Gasteiger partial charge is 0.342 e. The van der Waals surface area contributed by atoms with Crippen molar-refractivity contribution in [3.05, 3.63) is 0 Å². The summed E-state index contributed by atoms with van der Waals surface area (Å²) in [6, 6.07) is 0. The molecule has 0 aromatic carbocycles. The van der Waals surface area contributed by atoms with E-state index < -0.39 is 10.0 Å². The fourth-order valence-electron chi connectivity index (χ4n) is 2.30. The maximum atomic E-state index is 12.0. The van der Waals surface area contributed by atoms with Gasteiger partial charge >= 0.3 is 0 Å². The summed E-state index contributed by atoms with van der Waals surface area (Å²) in [6.45, 7) is 5.51. The fourth-order valence-corrected chi connectivity index (χ4v) is 2.72. The highest BCUT2D eigenvalue weighted by Gasteiger charge is 2.20. The zero-order chi connectivity index (χ0) is 15.2. The maximum absolute atomic E-state index is 12.0. The third kappa shape index (κ3) is 6.19. The van der Waals surface area contributed by atoms with Gasteiger partial charge in [-0.3, -0.25) is 4.79 Å². The predicted octanol–water partition coefficient (Wildman–Crippen LogP) is 0.116. The first-order valence-electron chi connectivity index (χ1n) is 7.20. The van der Waals surface area contributed by atoms with Crippen molar-refractivity contribution in [1.29, 1.82) is 0 Å². The molecule has 7 heteroatoms. The van der Waals surface area contributed by atoms with Gasteiger partial charge in [0.05, 0.1) is 6.26 Å². The molecule has 0 unspecified atom stereocenters. The van der Waals surface area contributed by atoms with Crippen LogP contribution >= 0.6 is 0 Å². The molecule has 0 spiro atoms. The van der Waals surface area contributed by atoms with Gasteiger partial charge in [-0.05, 0) is 18.8 Å². The number of likely N-dealkylation sites (N-methyl/N-ethyl adjacent to an activating group) is 1. The Labute approximate surface area is 122 Å². The van der Waals surface area contributed by atoms with Crippen LogP contribution in [0.25, 0.3) is 0 Å². The molecule has 1 saturated heterocycles. The molecule has 1 atom stereocenters. The fraction of sp³-hybridized carbons (Fsp3) is 0.923. The smallest absolute Gasteiger partial charge is 0.223 e. The average molecular weight is 305 g/mol. The molecular weight excluding hydrogens is 278 g/mol. The van der Waals surface area contributed by atoms with Gasteiger partial charge in [0.2, 0.25) is 15.9 Å². The van der Waals surface area contributed by atoms with Crippen molar-refractivity contribution in [2.24, 2.45) is 5.92 Å². The number of nitrogens with one attached hydrogen (secondary N) is 1. The summed E-state index contributed by atoms with van der Waals surface area (Å²) < 4.78 is 23.7. The Balaban J connectivity index is 2.13. The Morgan fingerprint density at radius 2 is 2.10 bits per heavy atom. The Kier molecular flexibility index (Phi) is 6.91. The molecule has 0 aromatic rings. The monoisotopic (exact) mass is 305 g/mol. The highest BCUT2D eigenvalue weighted by Crippen LogP contribution is 2.15. The van der Waals surface area contributed by atoms with Crippen molar-refractivity contribution in [2.45, 2.75) is 26.2 Å². The number of sulfonamides is 1. The lowest BCUT2D eigenvalue weighted by Crippen LogP contribution is -2.40. The van der Waals surface area contributed by atoms with Crippen LogP contribution in [-0.4, -0.2) is 69.6 Å². The van der Waals surface area contributed by atoms with E-state index in [1.54, 1.807) is 7.05 Å². The summed E-state index contributed by atoms with van der Waals surface area (Å²) in [6.07, 6.45) is 3.97. The second-order valence-electron chi connectivity index (χ2n) is 5.67. The number of rotatable bonds is 7. The summed E-state index contributed by atoms with van der Waals surface area (Å²) in [7, 11) is -1.56. The Bertz CT molecular complexity index is 411. The zero-order valence-corrected chi connectivity index (χ0v) is 13.6. The Hall–Kier alpha value is -0.660. The van der Waals surface area contributed by atoms with Gasteiger partial charge in [0.15, 0.2) is 0 Å². The minimum absolute atomic E-state index is 0.195. The molecule has 6 nitrogen and oxygen atoms in total. The van der Waals surface area contributed by atoms with Crippen LogP contribution in [0, 0.1) is 5.92 Å². The van der Waals surface area contributed by atoms with E-state index >= 15 is 0 Å². The quantitative estimate of drug-likeness (QED) is 0.678. The van der Waals surface area contributed by atoms with Crippen LogP contribution < -0.4 is 5.32 Å². The molecule has 1 rings (SSSR count). The molecule has 118 valence electrons. The summed E-state index contributed by atoms with van der Waals surface area (Å²) >= 11 is 0. The third-order valence-corrected chi connectivity index (χ3v) is 5.01. The van der Waals surface area contributed by atoms with Gasteiger partial charge in [-0.15, -0.1) is 0 Å². The van der Waals surface area contributed by atoms with E-state index in [-0.39, 0.29) is 5.91 Å². The normalized spacial score (nSPS) is 20.4. The Morgan fingerprint density at radius 3 is 2.70 bits per heavy atom. The van der Waals surface area contributed by atoms with Crippen molar-refractivity contribution in [3.63, 3.8) is 0 Å². The topological polar surface area (TPSA) is 69.7 Å². The average Bonchev–Trinajstić information content (AvgIpc) is 2.36. The molecule has 0 aromatic heterocycles. The van der Waals surface area contributed by atoms with Gasteiger partial charge in [0.1, 0.15) is 0 Å². The van der Waals surface area contributed by atoms with Gasteiger partial charge < -0.3 is 10.2 Å². The Morgan fingerprint density at radius 1 is 1.40 bits per heavy atom. The predicted molar refractivity (Wildman–Crippen MR) is 79.9 cm³/mol. The van der Waals surface area contributed by atoms with Gasteiger partial charge in [-0.2, -0.15) is 0 Å². The number of carbonyl (C=O) groups is 1. The van der Waals surface area contributed by atoms with Crippen LogP contribution in [0.5, 0.6) is 0 Å². The first-order valence-corrected chi connectivity index (χ1v) is 9.05. The summed E-state index contributed by atoms with van der Waals surface area (Å²) in [5, 5.41) is 3.12. The summed E-state index contributed by atoms with van der Waals surface area (Å²) in [4.78, 5) is 13.9. The van der Waals surface area contributed by atoms with Crippen LogP contribution in [0.4, 0.5) is 0 Å². The molecule has 0 radical (unpaired) electrons. The minimum Gasteiger partial charge on any atom is -0.342 e. The van der Waals surface area contributed by atoms with E-state index in [1.807, 2.05) is 4.90 Å². The van der Waals surface area contributed by atoms with E-state index in [1.165, 1.54) is 17.0 Å². The van der Waals surface area contributed by atoms with Gasteiger partial charge in [0.25, 0.3) is 0 Å². The maximum Gasteiger partial charge on any atom is 0.223 e. The second kappa shape index (κ2) is 7.95.